The molecular weight excluding hydrogens is 168 g/mol. The molecule has 2 rings (SSSR count). The predicted octanol–water partition coefficient (Wildman–Crippen LogP) is 0.809. The van der Waals surface area contributed by atoms with E-state index in [0.29, 0.717) is 0 Å². The first-order chi connectivity index (χ1) is 6.27. The highest BCUT2D eigenvalue weighted by molar-refractivity contribution is 5.35. The van der Waals surface area contributed by atoms with Crippen LogP contribution >= 0.6 is 0 Å². The standard InChI is InChI=1S/C9H12N2O2/c10-6-3-4-7(11-9(6)12)8-2-1-5-13-8/h3-4,8H,1-2,5,10H2,(H,11,12). The van der Waals surface area contributed by atoms with Crippen molar-refractivity contribution in [2.24, 2.45) is 0 Å². The second-order valence-electron chi connectivity index (χ2n) is 3.20. The number of pyridine rings is 1. The van der Waals surface area contributed by atoms with Crippen molar-refractivity contribution in [3.63, 3.8) is 0 Å². The summed E-state index contributed by atoms with van der Waals surface area (Å²) in [6.45, 7) is 0.775. The van der Waals surface area contributed by atoms with Crippen LogP contribution in [0.25, 0.3) is 0 Å². The molecule has 1 unspecified atom stereocenters. The SMILES string of the molecule is Nc1ccc(C2CCCO2)[nH]c1=O. The fourth-order valence-corrected chi connectivity index (χ4v) is 1.51. The van der Waals surface area contributed by atoms with Crippen LogP contribution in [-0.2, 0) is 4.74 Å². The molecule has 1 aromatic rings. The lowest BCUT2D eigenvalue weighted by Gasteiger charge is -2.08. The van der Waals surface area contributed by atoms with Crippen molar-refractivity contribution in [1.29, 1.82) is 0 Å². The quantitative estimate of drug-likeness (QED) is 0.672. The van der Waals surface area contributed by atoms with Crippen LogP contribution in [0.4, 0.5) is 5.69 Å². The molecule has 1 atom stereocenters. The van der Waals surface area contributed by atoms with Gasteiger partial charge >= 0.3 is 0 Å². The number of H-pyrrole nitrogens is 1. The molecule has 0 aliphatic carbocycles. The number of rotatable bonds is 1. The van der Waals surface area contributed by atoms with Gasteiger partial charge in [0.15, 0.2) is 0 Å². The Bertz CT molecular complexity index is 353. The third-order valence-corrected chi connectivity index (χ3v) is 2.24. The summed E-state index contributed by atoms with van der Waals surface area (Å²) in [6.07, 6.45) is 2.07. The van der Waals surface area contributed by atoms with Crippen LogP contribution in [0.5, 0.6) is 0 Å². The van der Waals surface area contributed by atoms with Crippen LogP contribution < -0.4 is 11.3 Å². The van der Waals surface area contributed by atoms with Crippen molar-refractivity contribution < 1.29 is 4.74 Å². The van der Waals surface area contributed by atoms with E-state index in [0.717, 1.165) is 25.1 Å². The molecule has 3 N–H and O–H groups in total. The van der Waals surface area contributed by atoms with Gasteiger partial charge in [-0.15, -0.1) is 0 Å². The molecule has 4 heteroatoms. The fraction of sp³-hybridized carbons (Fsp3) is 0.444. The second-order valence-corrected chi connectivity index (χ2v) is 3.20. The maximum absolute atomic E-state index is 11.2. The number of anilines is 1. The Kier molecular flexibility index (Phi) is 2.06. The average molecular weight is 180 g/mol. The molecule has 1 fully saturated rings. The zero-order chi connectivity index (χ0) is 9.26. The Labute approximate surface area is 75.7 Å². The van der Waals surface area contributed by atoms with E-state index >= 15 is 0 Å². The van der Waals surface area contributed by atoms with Crippen LogP contribution in [0.3, 0.4) is 0 Å². The average Bonchev–Trinajstić information content (AvgIpc) is 2.62. The van der Waals surface area contributed by atoms with E-state index in [1.165, 1.54) is 0 Å². The van der Waals surface area contributed by atoms with Gasteiger partial charge in [0.1, 0.15) is 0 Å². The minimum absolute atomic E-state index is 0.0494. The minimum atomic E-state index is -0.229. The highest BCUT2D eigenvalue weighted by atomic mass is 16.5. The Morgan fingerprint density at radius 1 is 1.54 bits per heavy atom. The molecule has 1 aromatic heterocycles. The van der Waals surface area contributed by atoms with Crippen molar-refractivity contribution in [2.75, 3.05) is 12.3 Å². The highest BCUT2D eigenvalue weighted by Crippen LogP contribution is 2.26. The third kappa shape index (κ3) is 1.58. The van der Waals surface area contributed by atoms with Crippen LogP contribution in [0.15, 0.2) is 16.9 Å². The predicted molar refractivity (Wildman–Crippen MR) is 49.4 cm³/mol. The number of nitrogens with two attached hydrogens (primary N) is 1. The first-order valence-electron chi connectivity index (χ1n) is 4.37. The summed E-state index contributed by atoms with van der Waals surface area (Å²) in [5, 5.41) is 0. The van der Waals surface area contributed by atoms with Crippen LogP contribution in [-0.4, -0.2) is 11.6 Å². The number of nitrogen functional groups attached to an aromatic ring is 1. The Balaban J connectivity index is 2.30. The molecule has 1 aliphatic heterocycles. The van der Waals surface area contributed by atoms with Gasteiger partial charge in [0.05, 0.1) is 11.8 Å². The maximum atomic E-state index is 11.2. The lowest BCUT2D eigenvalue weighted by atomic mass is 10.1. The van der Waals surface area contributed by atoms with Crippen LogP contribution in [0, 0.1) is 0 Å². The lowest BCUT2D eigenvalue weighted by Crippen LogP contribution is -2.14. The molecule has 0 radical (unpaired) electrons. The number of hydrogen-bond donors (Lipinski definition) is 2. The largest absolute Gasteiger partial charge is 0.394 e. The summed E-state index contributed by atoms with van der Waals surface area (Å²) in [6, 6.07) is 3.43. The van der Waals surface area contributed by atoms with Gasteiger partial charge in [-0.3, -0.25) is 4.79 Å². The third-order valence-electron chi connectivity index (χ3n) is 2.24. The molecular formula is C9H12N2O2. The number of ether oxygens (including phenoxy) is 1. The second kappa shape index (κ2) is 3.22. The summed E-state index contributed by atoms with van der Waals surface area (Å²) in [5.74, 6) is 0. The minimum Gasteiger partial charge on any atom is -0.394 e. The van der Waals surface area contributed by atoms with Gasteiger partial charge in [-0.05, 0) is 25.0 Å². The number of aromatic nitrogens is 1. The van der Waals surface area contributed by atoms with E-state index in [4.69, 9.17) is 10.5 Å². The molecule has 1 saturated heterocycles. The Hall–Kier alpha value is -1.29. The molecule has 0 amide bonds. The molecule has 4 nitrogen and oxygen atoms in total. The van der Waals surface area contributed by atoms with E-state index in [2.05, 4.69) is 4.98 Å². The van der Waals surface area contributed by atoms with Crippen molar-refractivity contribution in [1.82, 2.24) is 4.98 Å². The molecule has 0 aromatic carbocycles. The summed E-state index contributed by atoms with van der Waals surface area (Å²) in [4.78, 5) is 13.9. The lowest BCUT2D eigenvalue weighted by molar-refractivity contribution is 0.108. The normalized spacial score (nSPS) is 22.0. The number of nitrogens with one attached hydrogen (secondary N) is 1. The highest BCUT2D eigenvalue weighted by Gasteiger charge is 2.18. The zero-order valence-electron chi connectivity index (χ0n) is 7.25. The fourth-order valence-electron chi connectivity index (χ4n) is 1.51. The first-order valence-corrected chi connectivity index (χ1v) is 4.37. The van der Waals surface area contributed by atoms with E-state index in [1.54, 1.807) is 6.07 Å². The monoisotopic (exact) mass is 180 g/mol. The zero-order valence-corrected chi connectivity index (χ0v) is 7.25. The summed E-state index contributed by atoms with van der Waals surface area (Å²) in [5.41, 5.74) is 6.26. The van der Waals surface area contributed by atoms with Crippen molar-refractivity contribution >= 4 is 5.69 Å². The molecule has 13 heavy (non-hydrogen) atoms. The first kappa shape index (κ1) is 8.31. The number of aromatic amines is 1. The topological polar surface area (TPSA) is 68.1 Å². The van der Waals surface area contributed by atoms with Gasteiger partial charge < -0.3 is 15.5 Å². The van der Waals surface area contributed by atoms with Crippen molar-refractivity contribution in [3.05, 3.63) is 28.2 Å². The molecule has 70 valence electrons. The van der Waals surface area contributed by atoms with Crippen molar-refractivity contribution in [3.8, 4) is 0 Å². The van der Waals surface area contributed by atoms with E-state index in [9.17, 15) is 4.79 Å². The van der Waals surface area contributed by atoms with Gasteiger partial charge in [0.25, 0.3) is 5.56 Å². The van der Waals surface area contributed by atoms with Gasteiger partial charge in [-0.1, -0.05) is 0 Å². The Morgan fingerprint density at radius 3 is 3.00 bits per heavy atom. The number of hydrogen-bond acceptors (Lipinski definition) is 3. The van der Waals surface area contributed by atoms with Gasteiger partial charge in [0.2, 0.25) is 0 Å². The van der Waals surface area contributed by atoms with E-state index in [-0.39, 0.29) is 17.4 Å². The van der Waals surface area contributed by atoms with E-state index in [1.807, 2.05) is 6.07 Å². The molecule has 2 heterocycles. The summed E-state index contributed by atoms with van der Waals surface area (Å²) >= 11 is 0. The Morgan fingerprint density at radius 2 is 2.38 bits per heavy atom. The maximum Gasteiger partial charge on any atom is 0.271 e. The van der Waals surface area contributed by atoms with Crippen LogP contribution in [0.1, 0.15) is 24.6 Å². The molecule has 0 saturated carbocycles. The smallest absolute Gasteiger partial charge is 0.271 e. The summed E-state index contributed by atoms with van der Waals surface area (Å²) < 4.78 is 5.42. The van der Waals surface area contributed by atoms with E-state index < -0.39 is 0 Å². The van der Waals surface area contributed by atoms with Gasteiger partial charge in [-0.25, -0.2) is 0 Å². The van der Waals surface area contributed by atoms with Gasteiger partial charge in [-0.2, -0.15) is 0 Å². The van der Waals surface area contributed by atoms with Crippen molar-refractivity contribution in [2.45, 2.75) is 18.9 Å². The van der Waals surface area contributed by atoms with Crippen LogP contribution in [0.2, 0.25) is 0 Å². The molecule has 0 bridgehead atoms. The summed E-state index contributed by atoms with van der Waals surface area (Å²) in [7, 11) is 0. The molecule has 1 aliphatic rings. The van der Waals surface area contributed by atoms with Gasteiger partial charge in [0, 0.05) is 12.3 Å². The molecule has 0 spiro atoms.